The molecule has 1 aromatic heterocycles. The smallest absolute Gasteiger partial charge is 0.387 e. The van der Waals surface area contributed by atoms with Crippen LogP contribution in [0.5, 0.6) is 5.75 Å². The minimum atomic E-state index is -2.97. The quantitative estimate of drug-likeness (QED) is 0.513. The Bertz CT molecular complexity index is 1040. The predicted molar refractivity (Wildman–Crippen MR) is 115 cm³/mol. The van der Waals surface area contributed by atoms with Gasteiger partial charge in [0, 0.05) is 4.88 Å². The molecule has 0 radical (unpaired) electrons. The molecule has 0 saturated carbocycles. The molecule has 0 fully saturated rings. The van der Waals surface area contributed by atoms with E-state index < -0.39 is 34.5 Å². The molecule has 1 amide bonds. The maximum Gasteiger partial charge on any atom is 0.387 e. The van der Waals surface area contributed by atoms with E-state index in [9.17, 15) is 27.3 Å². The average molecular weight is 478 g/mol. The number of aliphatic hydroxyl groups is 1. The lowest BCUT2D eigenvalue weighted by atomic mass is 9.90. The van der Waals surface area contributed by atoms with Gasteiger partial charge in [-0.25, -0.2) is 8.60 Å². The number of benzene rings is 1. The van der Waals surface area contributed by atoms with Crippen molar-refractivity contribution in [2.24, 2.45) is 4.36 Å². The molecule has 0 aliphatic heterocycles. The molecule has 2 rings (SSSR count). The molecule has 2 aromatic rings. The molecule has 1 heterocycles. The van der Waals surface area contributed by atoms with Crippen LogP contribution >= 0.6 is 11.3 Å². The summed E-state index contributed by atoms with van der Waals surface area (Å²) < 4.78 is 59.9. The number of nitrogens with zero attached hydrogens (tertiary/aromatic N) is 1. The van der Waals surface area contributed by atoms with Gasteiger partial charge in [0.15, 0.2) is 5.82 Å². The number of rotatable bonds is 8. The molecule has 0 aliphatic carbocycles. The number of alkyl halides is 2. The number of hydrogen-bond donors (Lipinski definition) is 2. The molecule has 1 atom stereocenters. The summed E-state index contributed by atoms with van der Waals surface area (Å²) in [5.74, 6) is -1.58. The number of thiol groups is 1. The van der Waals surface area contributed by atoms with Gasteiger partial charge in [-0.3, -0.25) is 4.79 Å². The second kappa shape index (κ2) is 10.1. The normalized spacial score (nSPS) is 13.3. The van der Waals surface area contributed by atoms with Gasteiger partial charge in [-0.1, -0.05) is 20.8 Å². The van der Waals surface area contributed by atoms with E-state index in [0.717, 1.165) is 17.4 Å². The van der Waals surface area contributed by atoms with Gasteiger partial charge in [0.2, 0.25) is 0 Å². The van der Waals surface area contributed by atoms with Gasteiger partial charge in [0.05, 0.1) is 22.6 Å². The van der Waals surface area contributed by atoms with Crippen LogP contribution in [0.15, 0.2) is 26.8 Å². The van der Waals surface area contributed by atoms with E-state index in [0.29, 0.717) is 23.1 Å². The van der Waals surface area contributed by atoms with Crippen LogP contribution in [0, 0.1) is 5.82 Å². The van der Waals surface area contributed by atoms with Crippen molar-refractivity contribution in [3.63, 3.8) is 0 Å². The second-order valence-corrected chi connectivity index (χ2v) is 10.4. The molecule has 0 aliphatic rings. The number of thiophene rings is 1. The molecule has 1 N–H and O–H groups in total. The van der Waals surface area contributed by atoms with Gasteiger partial charge in [0.1, 0.15) is 9.96 Å². The van der Waals surface area contributed by atoms with Crippen LogP contribution in [0.25, 0.3) is 0 Å². The standard InChI is InChI=1S/C21H26F3NO4S2/c1-6-12-7-13(29-20(23)24)8-14(11(2)3)15(12)9-18(26)25-31(28)19-16(22)10-17(30-19)21(4,5)27/h7-8,10-11,20,27,31H,6,9H2,1-5H3. The van der Waals surface area contributed by atoms with Crippen LogP contribution in [-0.4, -0.2) is 21.8 Å². The van der Waals surface area contributed by atoms with E-state index in [1.54, 1.807) is 0 Å². The van der Waals surface area contributed by atoms with E-state index in [2.05, 4.69) is 9.10 Å². The Labute approximate surface area is 185 Å². The molecule has 1 aromatic carbocycles. The minimum Gasteiger partial charge on any atom is -0.435 e. The highest BCUT2D eigenvalue weighted by Gasteiger charge is 2.23. The summed E-state index contributed by atoms with van der Waals surface area (Å²) in [7, 11) is -2.68. The highest BCUT2D eigenvalue weighted by Crippen LogP contribution is 2.32. The van der Waals surface area contributed by atoms with Crippen molar-refractivity contribution in [1.29, 1.82) is 0 Å². The van der Waals surface area contributed by atoms with Crippen LogP contribution in [0.2, 0.25) is 0 Å². The van der Waals surface area contributed by atoms with Crippen molar-refractivity contribution in [3.8, 4) is 5.75 Å². The first-order valence-corrected chi connectivity index (χ1v) is 11.7. The van der Waals surface area contributed by atoms with Crippen molar-refractivity contribution in [2.45, 2.75) is 69.8 Å². The molecule has 10 heteroatoms. The Hall–Kier alpha value is -1.91. The zero-order chi connectivity index (χ0) is 23.5. The Balaban J connectivity index is 2.39. The zero-order valence-corrected chi connectivity index (χ0v) is 19.6. The van der Waals surface area contributed by atoms with Crippen molar-refractivity contribution in [1.82, 2.24) is 0 Å². The van der Waals surface area contributed by atoms with Crippen LogP contribution in [0.3, 0.4) is 0 Å². The van der Waals surface area contributed by atoms with E-state index in [1.165, 1.54) is 26.0 Å². The first-order chi connectivity index (χ1) is 14.3. The average Bonchev–Trinajstić information content (AvgIpc) is 3.04. The molecule has 0 bridgehead atoms. The number of aryl methyl sites for hydroxylation is 1. The van der Waals surface area contributed by atoms with Crippen molar-refractivity contribution >= 4 is 27.8 Å². The third-order valence-corrected chi connectivity index (χ3v) is 7.49. The lowest BCUT2D eigenvalue weighted by Crippen LogP contribution is -2.12. The Morgan fingerprint density at radius 1 is 1.29 bits per heavy atom. The zero-order valence-electron chi connectivity index (χ0n) is 17.9. The van der Waals surface area contributed by atoms with E-state index in [-0.39, 0.29) is 27.2 Å². The first kappa shape index (κ1) is 25.4. The van der Waals surface area contributed by atoms with Gasteiger partial charge in [-0.05, 0) is 61.1 Å². The van der Waals surface area contributed by atoms with Gasteiger partial charge in [0.25, 0.3) is 5.91 Å². The number of carbonyl (C=O) groups is 1. The van der Waals surface area contributed by atoms with Gasteiger partial charge < -0.3 is 9.84 Å². The third-order valence-electron chi connectivity index (χ3n) is 4.55. The number of ether oxygens (including phenoxy) is 1. The summed E-state index contributed by atoms with van der Waals surface area (Å²) >= 11 is 0.804. The fraction of sp³-hybridized carbons (Fsp3) is 0.476. The summed E-state index contributed by atoms with van der Waals surface area (Å²) in [6.45, 7) is 5.50. The molecule has 31 heavy (non-hydrogen) atoms. The van der Waals surface area contributed by atoms with E-state index in [1.807, 2.05) is 20.8 Å². The van der Waals surface area contributed by atoms with Crippen LogP contribution in [0.1, 0.15) is 62.1 Å². The van der Waals surface area contributed by atoms with Crippen LogP contribution in [0.4, 0.5) is 13.2 Å². The molecule has 172 valence electrons. The number of halogens is 3. The Morgan fingerprint density at radius 2 is 1.94 bits per heavy atom. The van der Waals surface area contributed by atoms with Gasteiger partial charge >= 0.3 is 6.61 Å². The van der Waals surface area contributed by atoms with E-state index >= 15 is 0 Å². The van der Waals surface area contributed by atoms with Crippen molar-refractivity contribution in [3.05, 3.63) is 45.6 Å². The molecule has 0 saturated heterocycles. The third kappa shape index (κ3) is 6.54. The lowest BCUT2D eigenvalue weighted by molar-refractivity contribution is -0.117. The molecular formula is C21H26F3NO4S2. The Morgan fingerprint density at radius 3 is 2.42 bits per heavy atom. The maximum atomic E-state index is 14.2. The molecule has 5 nitrogen and oxygen atoms in total. The van der Waals surface area contributed by atoms with Gasteiger partial charge in [-0.2, -0.15) is 13.1 Å². The number of carbonyl (C=O) groups excluding carboxylic acids is 1. The summed E-state index contributed by atoms with van der Waals surface area (Å²) in [6, 6.07) is 4.00. The molecular weight excluding hydrogens is 451 g/mol. The predicted octanol–water partition coefficient (Wildman–Crippen LogP) is 5.19. The van der Waals surface area contributed by atoms with Gasteiger partial charge in [-0.15, -0.1) is 11.3 Å². The molecule has 0 spiro atoms. The maximum absolute atomic E-state index is 14.2. The van der Waals surface area contributed by atoms with Crippen LogP contribution < -0.4 is 4.74 Å². The molecule has 1 unspecified atom stereocenters. The lowest BCUT2D eigenvalue weighted by Gasteiger charge is -2.18. The SMILES string of the molecule is CCc1cc(OC(F)F)cc(C(C)C)c1CC(=O)N=[SH](=O)c1sc(C(C)(C)O)cc1F. The first-order valence-electron chi connectivity index (χ1n) is 9.67. The highest BCUT2D eigenvalue weighted by molar-refractivity contribution is 7.78. The summed E-state index contributed by atoms with van der Waals surface area (Å²) in [4.78, 5) is 12.8. The minimum absolute atomic E-state index is 0.00886. The summed E-state index contributed by atoms with van der Waals surface area (Å²) in [5.41, 5.74) is 0.599. The number of amides is 1. The number of hydrogen-bond acceptors (Lipinski definition) is 5. The van der Waals surface area contributed by atoms with Crippen LogP contribution in [-0.2, 0) is 33.8 Å². The fourth-order valence-electron chi connectivity index (χ4n) is 3.07. The monoisotopic (exact) mass is 477 g/mol. The summed E-state index contributed by atoms with van der Waals surface area (Å²) in [5, 5.41) is 10.00. The highest BCUT2D eigenvalue weighted by atomic mass is 32.2. The second-order valence-electron chi connectivity index (χ2n) is 7.80. The summed E-state index contributed by atoms with van der Waals surface area (Å²) in [6.07, 6.45) is 0.265. The van der Waals surface area contributed by atoms with E-state index in [4.69, 9.17) is 0 Å². The fourth-order valence-corrected chi connectivity index (χ4v) is 5.19. The topological polar surface area (TPSA) is 76.0 Å². The Kier molecular flexibility index (Phi) is 8.29. The largest absolute Gasteiger partial charge is 0.435 e. The van der Waals surface area contributed by atoms with Crippen molar-refractivity contribution in [2.75, 3.05) is 0 Å². The van der Waals surface area contributed by atoms with Crippen molar-refractivity contribution < 1.29 is 32.0 Å².